The lowest BCUT2D eigenvalue weighted by molar-refractivity contribution is -0.388. The van der Waals surface area contributed by atoms with E-state index in [1.165, 1.54) is 0 Å². The molecule has 2 aliphatic rings. The molecule has 1 N–H and O–H groups in total. The normalized spacial score (nSPS) is 26.1. The first-order valence-corrected chi connectivity index (χ1v) is 8.38. The van der Waals surface area contributed by atoms with Crippen molar-refractivity contribution in [3.05, 3.63) is 21.5 Å². The fraction of sp³-hybridized carbons (Fsp3) is 0.733. The van der Waals surface area contributed by atoms with Gasteiger partial charge in [-0.05, 0) is 39.7 Å². The van der Waals surface area contributed by atoms with Gasteiger partial charge in [-0.25, -0.2) is 0 Å². The van der Waals surface area contributed by atoms with Gasteiger partial charge in [0.25, 0.3) is 0 Å². The summed E-state index contributed by atoms with van der Waals surface area (Å²) in [5, 5.41) is 17.1. The molecule has 3 heterocycles. The third-order valence-corrected chi connectivity index (χ3v) is 5.38. The van der Waals surface area contributed by atoms with E-state index < -0.39 is 34.9 Å². The Bertz CT molecular complexity index is 719. The number of amides is 1. The van der Waals surface area contributed by atoms with Crippen LogP contribution in [-0.4, -0.2) is 50.7 Å². The molecule has 1 amide bonds. The predicted molar refractivity (Wildman–Crippen MR) is 84.4 cm³/mol. The molecule has 2 atom stereocenters. The monoisotopic (exact) mass is 375 g/mol. The van der Waals surface area contributed by atoms with Crippen molar-refractivity contribution >= 4 is 11.6 Å². The lowest BCUT2D eigenvalue weighted by atomic mass is 9.98. The van der Waals surface area contributed by atoms with Crippen molar-refractivity contribution < 1.29 is 22.9 Å². The Morgan fingerprint density at radius 1 is 1.35 bits per heavy atom. The number of piperidine rings is 1. The Morgan fingerprint density at radius 2 is 1.92 bits per heavy atom. The van der Waals surface area contributed by atoms with Crippen molar-refractivity contribution in [2.75, 3.05) is 7.05 Å². The number of nitrogens with one attached hydrogen (secondary N) is 1. The second kappa shape index (κ2) is 6.53. The molecule has 3 rings (SSSR count). The highest BCUT2D eigenvalue weighted by Crippen LogP contribution is 2.37. The molecule has 2 bridgehead atoms. The number of carbonyl (C=O) groups excluding carboxylic acids is 1. The van der Waals surface area contributed by atoms with Crippen LogP contribution < -0.4 is 5.32 Å². The Balaban J connectivity index is 1.71. The average molecular weight is 375 g/mol. The van der Waals surface area contributed by atoms with Gasteiger partial charge in [0.2, 0.25) is 11.6 Å². The summed E-state index contributed by atoms with van der Waals surface area (Å²) in [6, 6.07) is 0.774. The predicted octanol–water partition coefficient (Wildman–Crippen LogP) is 1.86. The SMILES string of the molecule is Cc1c([N+](=O)[O-])c(C(F)(F)F)nn1CC(=O)NC1CC2CCC(C1)N2C. The van der Waals surface area contributed by atoms with Crippen molar-refractivity contribution in [3.63, 3.8) is 0 Å². The molecular weight excluding hydrogens is 355 g/mol. The third-order valence-electron chi connectivity index (χ3n) is 5.38. The molecule has 0 radical (unpaired) electrons. The van der Waals surface area contributed by atoms with Gasteiger partial charge in [0.05, 0.1) is 4.92 Å². The minimum absolute atomic E-state index is 0.0378. The van der Waals surface area contributed by atoms with Crippen molar-refractivity contribution in [3.8, 4) is 0 Å². The van der Waals surface area contributed by atoms with E-state index in [2.05, 4.69) is 22.4 Å². The van der Waals surface area contributed by atoms with Crippen LogP contribution in [0.25, 0.3) is 0 Å². The van der Waals surface area contributed by atoms with Crippen molar-refractivity contribution in [1.82, 2.24) is 20.0 Å². The maximum atomic E-state index is 13.0. The zero-order valence-electron chi connectivity index (χ0n) is 14.4. The highest BCUT2D eigenvalue weighted by Gasteiger charge is 2.44. The number of fused-ring (bicyclic) bond motifs is 2. The first-order valence-electron chi connectivity index (χ1n) is 8.38. The Labute approximate surface area is 147 Å². The van der Waals surface area contributed by atoms with Crippen LogP contribution >= 0.6 is 0 Å². The summed E-state index contributed by atoms with van der Waals surface area (Å²) in [7, 11) is 2.06. The highest BCUT2D eigenvalue weighted by molar-refractivity contribution is 5.76. The summed E-state index contributed by atoms with van der Waals surface area (Å²) in [5.41, 5.74) is -2.98. The molecule has 1 aromatic heterocycles. The van der Waals surface area contributed by atoms with Crippen LogP contribution in [-0.2, 0) is 17.5 Å². The summed E-state index contributed by atoms with van der Waals surface area (Å²) < 4.78 is 39.6. The molecule has 0 aromatic carbocycles. The number of nitrogens with zero attached hydrogens (tertiary/aromatic N) is 4. The Hall–Kier alpha value is -2.17. The molecule has 0 aliphatic carbocycles. The minimum atomic E-state index is -4.96. The number of carbonyl (C=O) groups is 1. The first-order chi connectivity index (χ1) is 12.1. The van der Waals surface area contributed by atoms with Crippen LogP contribution in [0.5, 0.6) is 0 Å². The van der Waals surface area contributed by atoms with Gasteiger partial charge < -0.3 is 10.2 Å². The summed E-state index contributed by atoms with van der Waals surface area (Å²) in [4.78, 5) is 24.4. The van der Waals surface area contributed by atoms with Crippen LogP contribution in [0, 0.1) is 17.0 Å². The van der Waals surface area contributed by atoms with E-state index in [0.717, 1.165) is 37.3 Å². The average Bonchev–Trinajstić information content (AvgIpc) is 2.93. The second-order valence-electron chi connectivity index (χ2n) is 6.98. The van der Waals surface area contributed by atoms with Crippen LogP contribution in [0.3, 0.4) is 0 Å². The number of hydrogen-bond donors (Lipinski definition) is 1. The smallest absolute Gasteiger partial charge is 0.352 e. The van der Waals surface area contributed by atoms with Crippen molar-refractivity contribution in [2.24, 2.45) is 0 Å². The van der Waals surface area contributed by atoms with Crippen LogP contribution in [0.15, 0.2) is 0 Å². The Morgan fingerprint density at radius 3 is 2.38 bits per heavy atom. The number of hydrogen-bond acceptors (Lipinski definition) is 5. The molecular formula is C15H20F3N5O3. The van der Waals surface area contributed by atoms with Crippen molar-refractivity contribution in [2.45, 2.75) is 63.5 Å². The number of halogens is 3. The van der Waals surface area contributed by atoms with Gasteiger partial charge >= 0.3 is 11.9 Å². The molecule has 2 aliphatic heterocycles. The van der Waals surface area contributed by atoms with Gasteiger partial charge in [0.1, 0.15) is 12.2 Å². The molecule has 2 unspecified atom stereocenters. The van der Waals surface area contributed by atoms with E-state index in [-0.39, 0.29) is 11.7 Å². The lowest BCUT2D eigenvalue weighted by Crippen LogP contribution is -2.49. The van der Waals surface area contributed by atoms with Crippen LogP contribution in [0.4, 0.5) is 18.9 Å². The summed E-state index contributed by atoms with van der Waals surface area (Å²) in [6.45, 7) is 0.674. The molecule has 1 aromatic rings. The van der Waals surface area contributed by atoms with Gasteiger partial charge in [-0.15, -0.1) is 0 Å². The van der Waals surface area contributed by atoms with E-state index in [0.29, 0.717) is 12.1 Å². The van der Waals surface area contributed by atoms with E-state index in [9.17, 15) is 28.1 Å². The van der Waals surface area contributed by atoms with Gasteiger partial charge in [0, 0.05) is 18.1 Å². The standard InChI is InChI=1S/C15H20F3N5O3/c1-8-13(23(25)26)14(15(16,17)18)20-22(8)7-12(24)19-9-5-10-3-4-11(6-9)21(10)2/h9-11H,3-7H2,1-2H3,(H,19,24). The summed E-state index contributed by atoms with van der Waals surface area (Å²) in [5.74, 6) is -0.492. The summed E-state index contributed by atoms with van der Waals surface area (Å²) in [6.07, 6.45) is -1.21. The zero-order valence-corrected chi connectivity index (χ0v) is 14.4. The quantitative estimate of drug-likeness (QED) is 0.640. The van der Waals surface area contributed by atoms with Crippen LogP contribution in [0.2, 0.25) is 0 Å². The molecule has 0 spiro atoms. The number of aromatic nitrogens is 2. The van der Waals surface area contributed by atoms with E-state index >= 15 is 0 Å². The molecule has 144 valence electrons. The molecule has 2 saturated heterocycles. The second-order valence-corrected chi connectivity index (χ2v) is 6.98. The molecule has 26 heavy (non-hydrogen) atoms. The van der Waals surface area contributed by atoms with Gasteiger partial charge in [-0.3, -0.25) is 19.6 Å². The van der Waals surface area contributed by atoms with Crippen LogP contribution in [0.1, 0.15) is 37.1 Å². The first kappa shape index (κ1) is 18.6. The lowest BCUT2D eigenvalue weighted by Gasteiger charge is -2.36. The zero-order chi connectivity index (χ0) is 19.2. The topological polar surface area (TPSA) is 93.3 Å². The number of nitro groups is 1. The van der Waals surface area contributed by atoms with Crippen molar-refractivity contribution in [1.29, 1.82) is 0 Å². The molecule has 11 heteroatoms. The number of alkyl halides is 3. The maximum Gasteiger partial charge on any atom is 0.442 e. The fourth-order valence-electron chi connectivity index (χ4n) is 4.04. The third kappa shape index (κ3) is 3.39. The highest BCUT2D eigenvalue weighted by atomic mass is 19.4. The molecule has 2 fully saturated rings. The number of rotatable bonds is 4. The maximum absolute atomic E-state index is 13.0. The molecule has 8 nitrogen and oxygen atoms in total. The van der Waals surface area contributed by atoms with E-state index in [4.69, 9.17) is 0 Å². The van der Waals surface area contributed by atoms with Gasteiger partial charge in [0.15, 0.2) is 0 Å². The Kier molecular flexibility index (Phi) is 4.67. The van der Waals surface area contributed by atoms with Gasteiger partial charge in [-0.1, -0.05) is 0 Å². The van der Waals surface area contributed by atoms with E-state index in [1.54, 1.807) is 0 Å². The minimum Gasteiger partial charge on any atom is -0.352 e. The summed E-state index contributed by atoms with van der Waals surface area (Å²) >= 11 is 0. The fourth-order valence-corrected chi connectivity index (χ4v) is 4.04. The largest absolute Gasteiger partial charge is 0.442 e. The van der Waals surface area contributed by atoms with Gasteiger partial charge in [-0.2, -0.15) is 18.3 Å². The molecule has 0 saturated carbocycles. The van der Waals surface area contributed by atoms with E-state index in [1.807, 2.05) is 0 Å².